The van der Waals surface area contributed by atoms with E-state index >= 15 is 0 Å². The topological polar surface area (TPSA) is 29.1 Å². The third-order valence-electron chi connectivity index (χ3n) is 2.64. The van der Waals surface area contributed by atoms with Crippen LogP contribution in [0, 0.1) is 12.7 Å². The molecule has 19 heavy (non-hydrogen) atoms. The van der Waals surface area contributed by atoms with Crippen LogP contribution in [0.4, 0.5) is 10.1 Å². The molecule has 0 saturated carbocycles. The Balaban J connectivity index is 2.31. The Hall–Kier alpha value is -1.39. The molecule has 0 heterocycles. The van der Waals surface area contributed by atoms with Crippen molar-refractivity contribution in [3.63, 3.8) is 0 Å². The van der Waals surface area contributed by atoms with Crippen molar-refractivity contribution in [2.75, 3.05) is 5.32 Å². The molecule has 0 fully saturated rings. The number of anilines is 1. The summed E-state index contributed by atoms with van der Waals surface area (Å²) in [5, 5.41) is 3.19. The summed E-state index contributed by atoms with van der Waals surface area (Å²) in [7, 11) is 0. The van der Waals surface area contributed by atoms with Gasteiger partial charge in [0.15, 0.2) is 0 Å². The highest BCUT2D eigenvalue weighted by Crippen LogP contribution is 2.30. The summed E-state index contributed by atoms with van der Waals surface area (Å²) in [4.78, 5) is 12.1. The van der Waals surface area contributed by atoms with Crippen LogP contribution < -0.4 is 5.32 Å². The van der Waals surface area contributed by atoms with Crippen molar-refractivity contribution < 1.29 is 9.18 Å². The van der Waals surface area contributed by atoms with Crippen molar-refractivity contribution in [3.8, 4) is 0 Å². The maximum Gasteiger partial charge on any atom is 0.256 e. The summed E-state index contributed by atoms with van der Waals surface area (Å²) >= 11 is 9.24. The summed E-state index contributed by atoms with van der Waals surface area (Å²) in [6.45, 7) is 1.75. The highest BCUT2D eigenvalue weighted by molar-refractivity contribution is 9.10. The molecule has 0 radical (unpaired) electrons. The lowest BCUT2D eigenvalue weighted by Crippen LogP contribution is -2.14. The normalized spacial score (nSPS) is 10.3. The zero-order valence-electron chi connectivity index (χ0n) is 10.0. The van der Waals surface area contributed by atoms with Gasteiger partial charge < -0.3 is 5.32 Å². The van der Waals surface area contributed by atoms with Crippen LogP contribution in [0.2, 0.25) is 5.02 Å². The molecule has 98 valence electrons. The second kappa shape index (κ2) is 5.72. The van der Waals surface area contributed by atoms with Gasteiger partial charge in [0.05, 0.1) is 15.2 Å². The summed E-state index contributed by atoms with van der Waals surface area (Å²) in [5.74, 6) is -0.819. The lowest BCUT2D eigenvalue weighted by Gasteiger charge is -2.10. The Bertz CT molecular complexity index is 645. The SMILES string of the molecule is Cc1ccc(F)cc1C(=O)Nc1cccc(Cl)c1Br. The van der Waals surface area contributed by atoms with Gasteiger partial charge in [0.1, 0.15) is 5.82 Å². The molecule has 1 amide bonds. The summed E-state index contributed by atoms with van der Waals surface area (Å²) in [6, 6.07) is 9.24. The van der Waals surface area contributed by atoms with Crippen molar-refractivity contribution in [2.24, 2.45) is 0 Å². The molecule has 0 saturated heterocycles. The minimum atomic E-state index is -0.444. The van der Waals surface area contributed by atoms with Crippen molar-refractivity contribution in [3.05, 3.63) is 62.8 Å². The first-order valence-corrected chi connectivity index (χ1v) is 6.67. The van der Waals surface area contributed by atoms with Crippen LogP contribution in [0.25, 0.3) is 0 Å². The van der Waals surface area contributed by atoms with Gasteiger partial charge in [-0.1, -0.05) is 23.7 Å². The molecule has 0 aliphatic heterocycles. The van der Waals surface area contributed by atoms with Crippen LogP contribution in [0.3, 0.4) is 0 Å². The number of rotatable bonds is 2. The Morgan fingerprint density at radius 3 is 2.79 bits per heavy atom. The average molecular weight is 343 g/mol. The molecule has 1 N–H and O–H groups in total. The fourth-order valence-electron chi connectivity index (χ4n) is 1.63. The molecule has 2 nitrogen and oxygen atoms in total. The van der Waals surface area contributed by atoms with Crippen molar-refractivity contribution >= 4 is 39.1 Å². The molecule has 2 aromatic carbocycles. The Kier molecular flexibility index (Phi) is 4.22. The third-order valence-corrected chi connectivity index (χ3v) is 4.04. The lowest BCUT2D eigenvalue weighted by molar-refractivity contribution is 0.102. The zero-order chi connectivity index (χ0) is 14.0. The second-order valence-corrected chi connectivity index (χ2v) is 5.21. The van der Waals surface area contributed by atoms with E-state index < -0.39 is 5.82 Å². The largest absolute Gasteiger partial charge is 0.321 e. The van der Waals surface area contributed by atoms with Gasteiger partial charge in [-0.25, -0.2) is 4.39 Å². The first-order valence-electron chi connectivity index (χ1n) is 5.50. The van der Waals surface area contributed by atoms with Crippen LogP contribution in [0.1, 0.15) is 15.9 Å². The first-order chi connectivity index (χ1) is 8.99. The Morgan fingerprint density at radius 1 is 1.32 bits per heavy atom. The number of hydrogen-bond donors (Lipinski definition) is 1. The number of hydrogen-bond acceptors (Lipinski definition) is 1. The zero-order valence-corrected chi connectivity index (χ0v) is 12.3. The molecule has 0 spiro atoms. The molecule has 0 bridgehead atoms. The minimum absolute atomic E-state index is 0.298. The fourth-order valence-corrected chi connectivity index (χ4v) is 2.17. The van der Waals surface area contributed by atoms with Gasteiger partial charge in [-0.15, -0.1) is 0 Å². The smallest absolute Gasteiger partial charge is 0.256 e. The number of carbonyl (C=O) groups is 1. The van der Waals surface area contributed by atoms with Crippen molar-refractivity contribution in [2.45, 2.75) is 6.92 Å². The Morgan fingerprint density at radius 2 is 2.05 bits per heavy atom. The van der Waals surface area contributed by atoms with Gasteiger partial charge >= 0.3 is 0 Å². The predicted molar refractivity (Wildman–Crippen MR) is 78.2 cm³/mol. The van der Waals surface area contributed by atoms with Crippen LogP contribution in [0.15, 0.2) is 40.9 Å². The van der Waals surface area contributed by atoms with E-state index in [2.05, 4.69) is 21.2 Å². The fraction of sp³-hybridized carbons (Fsp3) is 0.0714. The molecule has 5 heteroatoms. The summed E-state index contributed by atoms with van der Waals surface area (Å²) in [6.07, 6.45) is 0. The maximum atomic E-state index is 13.2. The number of nitrogens with one attached hydrogen (secondary N) is 1. The highest BCUT2D eigenvalue weighted by Gasteiger charge is 2.12. The van der Waals surface area contributed by atoms with E-state index in [0.717, 1.165) is 0 Å². The number of amides is 1. The first kappa shape index (κ1) is 14.0. The molecule has 2 rings (SSSR count). The maximum absolute atomic E-state index is 13.2. The summed E-state index contributed by atoms with van der Waals surface area (Å²) < 4.78 is 13.8. The Labute approximate surface area is 123 Å². The van der Waals surface area contributed by atoms with E-state index in [0.29, 0.717) is 26.3 Å². The molecule has 0 aromatic heterocycles. The van der Waals surface area contributed by atoms with Crippen LogP contribution in [-0.2, 0) is 0 Å². The quantitative estimate of drug-likeness (QED) is 0.834. The van der Waals surface area contributed by atoms with Crippen LogP contribution >= 0.6 is 27.5 Å². The van der Waals surface area contributed by atoms with Gasteiger partial charge in [0, 0.05) is 5.56 Å². The van der Waals surface area contributed by atoms with Crippen LogP contribution in [-0.4, -0.2) is 5.91 Å². The van der Waals surface area contributed by atoms with Gasteiger partial charge in [0.2, 0.25) is 0 Å². The van der Waals surface area contributed by atoms with E-state index in [1.54, 1.807) is 31.2 Å². The standard InChI is InChI=1S/C14H10BrClFNO/c1-8-5-6-9(17)7-10(8)14(19)18-12-4-2-3-11(16)13(12)15/h2-7H,1H3,(H,18,19). The third kappa shape index (κ3) is 3.14. The van der Waals surface area contributed by atoms with Crippen LogP contribution in [0.5, 0.6) is 0 Å². The highest BCUT2D eigenvalue weighted by atomic mass is 79.9. The number of aryl methyl sites for hydroxylation is 1. The van der Waals surface area contributed by atoms with Crippen molar-refractivity contribution in [1.29, 1.82) is 0 Å². The van der Waals surface area contributed by atoms with Gasteiger partial charge in [-0.3, -0.25) is 4.79 Å². The van der Waals surface area contributed by atoms with E-state index in [1.165, 1.54) is 12.1 Å². The van der Waals surface area contributed by atoms with E-state index in [4.69, 9.17) is 11.6 Å². The van der Waals surface area contributed by atoms with E-state index in [1.807, 2.05) is 0 Å². The number of benzene rings is 2. The molecule has 0 unspecified atom stereocenters. The monoisotopic (exact) mass is 341 g/mol. The molecule has 2 aromatic rings. The second-order valence-electron chi connectivity index (χ2n) is 4.01. The molecule has 0 aliphatic rings. The van der Waals surface area contributed by atoms with E-state index in [-0.39, 0.29) is 5.91 Å². The lowest BCUT2D eigenvalue weighted by atomic mass is 10.1. The number of carbonyl (C=O) groups excluding carboxylic acids is 1. The average Bonchev–Trinajstić information content (AvgIpc) is 2.38. The van der Waals surface area contributed by atoms with Gasteiger partial charge in [-0.05, 0) is 52.7 Å². The van der Waals surface area contributed by atoms with E-state index in [9.17, 15) is 9.18 Å². The molecule has 0 aliphatic carbocycles. The molecular formula is C14H10BrClFNO. The molecular weight excluding hydrogens is 333 g/mol. The van der Waals surface area contributed by atoms with Gasteiger partial charge in [0.25, 0.3) is 5.91 Å². The van der Waals surface area contributed by atoms with Crippen molar-refractivity contribution in [1.82, 2.24) is 0 Å². The minimum Gasteiger partial charge on any atom is -0.321 e. The number of halogens is 3. The molecule has 0 atom stereocenters. The predicted octanol–water partition coefficient (Wildman–Crippen LogP) is 4.80. The van der Waals surface area contributed by atoms with Gasteiger partial charge in [-0.2, -0.15) is 0 Å². The summed E-state index contributed by atoms with van der Waals surface area (Å²) in [5.41, 5.74) is 1.55.